The third-order valence-electron chi connectivity index (χ3n) is 3.38. The number of fused-ring (bicyclic) bond motifs is 1. The van der Waals surface area contributed by atoms with Crippen LogP contribution < -0.4 is 5.32 Å². The van der Waals surface area contributed by atoms with Gasteiger partial charge in [-0.3, -0.25) is 4.79 Å². The van der Waals surface area contributed by atoms with Gasteiger partial charge in [-0.05, 0) is 31.0 Å². The van der Waals surface area contributed by atoms with Crippen LogP contribution in [0.5, 0.6) is 0 Å². The Hall–Kier alpha value is -1.52. The summed E-state index contributed by atoms with van der Waals surface area (Å²) in [4.78, 5) is 16.1. The monoisotopic (exact) mass is 310 g/mol. The molecule has 0 saturated carbocycles. The minimum absolute atomic E-state index is 0.0317. The molecule has 3 rings (SSSR count). The Morgan fingerprint density at radius 3 is 2.85 bits per heavy atom. The lowest BCUT2D eigenvalue weighted by Gasteiger charge is -2.22. The summed E-state index contributed by atoms with van der Waals surface area (Å²) in [6.45, 7) is 0. The summed E-state index contributed by atoms with van der Waals surface area (Å²) in [5.74, 6) is 0.739. The molecule has 20 heavy (non-hydrogen) atoms. The first kappa shape index (κ1) is 13.5. The Morgan fingerprint density at radius 2 is 2.10 bits per heavy atom. The van der Waals surface area contributed by atoms with Crippen LogP contribution in [-0.4, -0.2) is 10.9 Å². The topological polar surface area (TPSA) is 55.1 Å². The first-order valence-corrected chi connectivity index (χ1v) is 7.09. The van der Waals surface area contributed by atoms with Gasteiger partial charge < -0.3 is 9.73 Å². The van der Waals surface area contributed by atoms with Crippen LogP contribution in [-0.2, 0) is 6.42 Å². The summed E-state index contributed by atoms with van der Waals surface area (Å²) in [6, 6.07) is 4.88. The predicted octanol–water partition coefficient (Wildman–Crippen LogP) is 3.79. The van der Waals surface area contributed by atoms with Crippen molar-refractivity contribution in [3.8, 4) is 0 Å². The van der Waals surface area contributed by atoms with Crippen LogP contribution in [0.25, 0.3) is 0 Å². The van der Waals surface area contributed by atoms with Gasteiger partial charge in [0.2, 0.25) is 0 Å². The Kier molecular flexibility index (Phi) is 3.68. The smallest absolute Gasteiger partial charge is 0.251 e. The van der Waals surface area contributed by atoms with E-state index in [4.69, 9.17) is 27.6 Å². The Balaban J connectivity index is 1.80. The SMILES string of the molecule is O=C(NC1CCCc2occc21)c1cc(Cl)nc(Cl)c1. The summed E-state index contributed by atoms with van der Waals surface area (Å²) in [6.07, 6.45) is 4.46. The Morgan fingerprint density at radius 1 is 1.35 bits per heavy atom. The average Bonchev–Trinajstić information content (AvgIpc) is 2.87. The van der Waals surface area contributed by atoms with Crippen molar-refractivity contribution < 1.29 is 9.21 Å². The van der Waals surface area contributed by atoms with Crippen LogP contribution in [0.4, 0.5) is 0 Å². The molecule has 0 bridgehead atoms. The second-order valence-corrected chi connectivity index (χ2v) is 5.49. The number of hydrogen-bond acceptors (Lipinski definition) is 3. The third kappa shape index (κ3) is 2.67. The highest BCUT2D eigenvalue weighted by molar-refractivity contribution is 6.33. The van der Waals surface area contributed by atoms with Crippen LogP contribution in [0.15, 0.2) is 28.9 Å². The molecule has 1 amide bonds. The molecule has 104 valence electrons. The molecule has 0 saturated heterocycles. The van der Waals surface area contributed by atoms with E-state index in [0.29, 0.717) is 5.56 Å². The van der Waals surface area contributed by atoms with Gasteiger partial charge in [-0.1, -0.05) is 23.2 Å². The number of halogens is 2. The van der Waals surface area contributed by atoms with Crippen LogP contribution in [0.1, 0.15) is 40.6 Å². The molecule has 4 nitrogen and oxygen atoms in total. The van der Waals surface area contributed by atoms with Gasteiger partial charge in [0, 0.05) is 17.5 Å². The normalized spacial score (nSPS) is 17.6. The molecule has 0 spiro atoms. The van der Waals surface area contributed by atoms with Crippen molar-refractivity contribution in [2.24, 2.45) is 0 Å². The minimum Gasteiger partial charge on any atom is -0.469 e. The molecule has 1 aliphatic rings. The summed E-state index contributed by atoms with van der Waals surface area (Å²) in [7, 11) is 0. The number of aromatic nitrogens is 1. The van der Waals surface area contributed by atoms with E-state index in [1.54, 1.807) is 6.26 Å². The largest absolute Gasteiger partial charge is 0.469 e. The molecule has 6 heteroatoms. The molecular formula is C14H12Cl2N2O2. The van der Waals surface area contributed by atoms with Crippen molar-refractivity contribution >= 4 is 29.1 Å². The van der Waals surface area contributed by atoms with Crippen molar-refractivity contribution in [1.82, 2.24) is 10.3 Å². The van der Waals surface area contributed by atoms with E-state index in [2.05, 4.69) is 10.3 Å². The number of pyridine rings is 1. The number of carbonyl (C=O) groups excluding carboxylic acids is 1. The molecule has 0 radical (unpaired) electrons. The Bertz CT molecular complexity index is 634. The molecule has 1 N–H and O–H groups in total. The molecule has 1 atom stereocenters. The minimum atomic E-state index is -0.213. The van der Waals surface area contributed by atoms with E-state index in [0.717, 1.165) is 30.6 Å². The van der Waals surface area contributed by atoms with Crippen LogP contribution >= 0.6 is 23.2 Å². The number of furan rings is 1. The highest BCUT2D eigenvalue weighted by Crippen LogP contribution is 2.30. The standard InChI is InChI=1S/C14H12Cl2N2O2/c15-12-6-8(7-13(16)18-12)14(19)17-10-2-1-3-11-9(10)4-5-20-11/h4-7,10H,1-3H2,(H,17,19). The molecule has 2 aromatic heterocycles. The molecular weight excluding hydrogens is 299 g/mol. The lowest BCUT2D eigenvalue weighted by molar-refractivity contribution is 0.0932. The molecule has 0 aliphatic heterocycles. The maximum atomic E-state index is 12.3. The zero-order valence-corrected chi connectivity index (χ0v) is 12.0. The molecule has 1 unspecified atom stereocenters. The highest BCUT2D eigenvalue weighted by atomic mass is 35.5. The average molecular weight is 311 g/mol. The lowest BCUT2D eigenvalue weighted by atomic mass is 9.93. The van der Waals surface area contributed by atoms with E-state index in [-0.39, 0.29) is 22.3 Å². The fraction of sp³-hybridized carbons (Fsp3) is 0.286. The van der Waals surface area contributed by atoms with Crippen molar-refractivity contribution in [3.05, 3.63) is 51.7 Å². The number of aryl methyl sites for hydroxylation is 1. The van der Waals surface area contributed by atoms with E-state index in [9.17, 15) is 4.79 Å². The van der Waals surface area contributed by atoms with Gasteiger partial charge in [-0.2, -0.15) is 0 Å². The van der Waals surface area contributed by atoms with Gasteiger partial charge in [-0.25, -0.2) is 4.98 Å². The second kappa shape index (κ2) is 5.46. The van der Waals surface area contributed by atoms with Gasteiger partial charge >= 0.3 is 0 Å². The molecule has 0 fully saturated rings. The zero-order chi connectivity index (χ0) is 14.1. The predicted molar refractivity (Wildman–Crippen MR) is 76.1 cm³/mol. The first-order chi connectivity index (χ1) is 9.63. The van der Waals surface area contributed by atoms with Crippen molar-refractivity contribution in [1.29, 1.82) is 0 Å². The third-order valence-corrected chi connectivity index (χ3v) is 3.77. The van der Waals surface area contributed by atoms with E-state index < -0.39 is 0 Å². The number of hydrogen-bond donors (Lipinski definition) is 1. The number of carbonyl (C=O) groups is 1. The highest BCUT2D eigenvalue weighted by Gasteiger charge is 2.24. The number of rotatable bonds is 2. The van der Waals surface area contributed by atoms with E-state index in [1.165, 1.54) is 12.1 Å². The fourth-order valence-corrected chi connectivity index (χ4v) is 2.93. The van der Waals surface area contributed by atoms with Crippen LogP contribution in [0, 0.1) is 0 Å². The van der Waals surface area contributed by atoms with Crippen molar-refractivity contribution in [2.75, 3.05) is 0 Å². The van der Waals surface area contributed by atoms with Crippen molar-refractivity contribution in [3.63, 3.8) is 0 Å². The molecule has 2 aromatic rings. The first-order valence-electron chi connectivity index (χ1n) is 6.33. The molecule has 2 heterocycles. The fourth-order valence-electron chi connectivity index (χ4n) is 2.47. The summed E-state index contributed by atoms with van der Waals surface area (Å²) in [5.41, 5.74) is 1.46. The summed E-state index contributed by atoms with van der Waals surface area (Å²) < 4.78 is 5.41. The van der Waals surface area contributed by atoms with Crippen molar-refractivity contribution in [2.45, 2.75) is 25.3 Å². The maximum absolute atomic E-state index is 12.3. The summed E-state index contributed by atoms with van der Waals surface area (Å²) in [5, 5.41) is 3.40. The quantitative estimate of drug-likeness (QED) is 0.859. The van der Waals surface area contributed by atoms with Gasteiger partial charge in [0.05, 0.1) is 12.3 Å². The van der Waals surface area contributed by atoms with E-state index in [1.807, 2.05) is 6.07 Å². The lowest BCUT2D eigenvalue weighted by Crippen LogP contribution is -2.30. The zero-order valence-electron chi connectivity index (χ0n) is 10.5. The second-order valence-electron chi connectivity index (χ2n) is 4.72. The van der Waals surface area contributed by atoms with Gasteiger partial charge in [-0.15, -0.1) is 0 Å². The number of nitrogens with one attached hydrogen (secondary N) is 1. The van der Waals surface area contributed by atoms with Gasteiger partial charge in [0.1, 0.15) is 16.1 Å². The van der Waals surface area contributed by atoms with Crippen LogP contribution in [0.2, 0.25) is 10.3 Å². The maximum Gasteiger partial charge on any atom is 0.251 e. The summed E-state index contributed by atoms with van der Waals surface area (Å²) >= 11 is 11.6. The van der Waals surface area contributed by atoms with Crippen LogP contribution in [0.3, 0.4) is 0 Å². The number of nitrogens with zero attached hydrogens (tertiary/aromatic N) is 1. The van der Waals surface area contributed by atoms with Gasteiger partial charge in [0.15, 0.2) is 0 Å². The Labute approximate surface area is 126 Å². The van der Waals surface area contributed by atoms with Gasteiger partial charge in [0.25, 0.3) is 5.91 Å². The molecule has 0 aromatic carbocycles. The van der Waals surface area contributed by atoms with E-state index >= 15 is 0 Å². The number of amides is 1. The molecule has 1 aliphatic carbocycles.